The van der Waals surface area contributed by atoms with Crippen LogP contribution < -0.4 is 5.56 Å². The molecule has 0 atom stereocenters. The van der Waals surface area contributed by atoms with Gasteiger partial charge in [0.1, 0.15) is 5.52 Å². The normalized spacial score (nSPS) is 11.6. The maximum atomic E-state index is 13.0. The van der Waals surface area contributed by atoms with Gasteiger partial charge >= 0.3 is 0 Å². The lowest BCUT2D eigenvalue weighted by Crippen LogP contribution is -2.21. The summed E-state index contributed by atoms with van der Waals surface area (Å²) in [6.07, 6.45) is 3.47. The maximum absolute atomic E-state index is 13.0. The van der Waals surface area contributed by atoms with Crippen molar-refractivity contribution in [3.8, 4) is 17.1 Å². The highest BCUT2D eigenvalue weighted by atomic mass is 35.5. The van der Waals surface area contributed by atoms with Gasteiger partial charge in [-0.2, -0.15) is 10.1 Å². The molecule has 0 fully saturated rings. The Balaban J connectivity index is 1.75. The number of aromatic amines is 1. The van der Waals surface area contributed by atoms with Gasteiger partial charge in [-0.25, -0.2) is 9.61 Å². The molecule has 5 aromatic rings. The average Bonchev–Trinajstić information content (AvgIpc) is 3.32. The minimum absolute atomic E-state index is 0.183. The van der Waals surface area contributed by atoms with Crippen LogP contribution in [-0.2, 0) is 0 Å². The Labute approximate surface area is 172 Å². The van der Waals surface area contributed by atoms with Crippen molar-refractivity contribution in [2.45, 2.75) is 12.1 Å². The summed E-state index contributed by atoms with van der Waals surface area (Å²) in [6, 6.07) is 9.22. The maximum Gasteiger partial charge on any atom is 0.287 e. The number of hydrogen-bond donors (Lipinski definition) is 1. The summed E-state index contributed by atoms with van der Waals surface area (Å²) in [5.74, 6) is 0.319. The highest BCUT2D eigenvalue weighted by molar-refractivity contribution is 7.98. The summed E-state index contributed by atoms with van der Waals surface area (Å²) >= 11 is 7.52. The summed E-state index contributed by atoms with van der Waals surface area (Å²) in [5, 5.41) is 21.0. The van der Waals surface area contributed by atoms with E-state index in [1.54, 1.807) is 16.8 Å². The second-order valence-corrected chi connectivity index (χ2v) is 7.49. The molecule has 0 saturated heterocycles. The van der Waals surface area contributed by atoms with E-state index in [-0.39, 0.29) is 11.1 Å². The Morgan fingerprint density at radius 2 is 2.07 bits per heavy atom. The minimum Gasteiger partial charge on any atom is -0.266 e. The van der Waals surface area contributed by atoms with Crippen molar-refractivity contribution in [1.29, 1.82) is 0 Å². The number of fused-ring (bicyclic) bond motifs is 3. The number of nitrogens with one attached hydrogen (secondary N) is 1. The van der Waals surface area contributed by atoms with Crippen LogP contribution in [0.2, 0.25) is 5.02 Å². The molecule has 1 N–H and O–H groups in total. The molecule has 4 heterocycles. The summed E-state index contributed by atoms with van der Waals surface area (Å²) in [5.41, 5.74) is 3.40. The molecular formula is C18H13ClN8OS. The standard InChI is InChI=1S/C18H13ClN8OS/c1-9-13(10-4-3-5-11(19)8-10)15-22-21-14-12(27(15)25-9)6-7-26(16(14)28)17-20-18(29-2)24-23-17/h3-8H,1-2H3,(H,20,23,24). The number of hydrogen-bond acceptors (Lipinski definition) is 7. The second kappa shape index (κ2) is 6.68. The summed E-state index contributed by atoms with van der Waals surface area (Å²) in [6.45, 7) is 1.89. The van der Waals surface area contributed by atoms with Crippen LogP contribution in [0.25, 0.3) is 33.8 Å². The van der Waals surface area contributed by atoms with Gasteiger partial charge in [-0.15, -0.1) is 15.3 Å². The van der Waals surface area contributed by atoms with Crippen LogP contribution >= 0.6 is 23.4 Å². The number of aryl methyl sites for hydroxylation is 1. The number of nitrogens with zero attached hydrogens (tertiary/aromatic N) is 7. The van der Waals surface area contributed by atoms with Crippen molar-refractivity contribution in [2.24, 2.45) is 0 Å². The van der Waals surface area contributed by atoms with Gasteiger partial charge < -0.3 is 0 Å². The van der Waals surface area contributed by atoms with Crippen LogP contribution in [-0.4, -0.2) is 45.8 Å². The zero-order chi connectivity index (χ0) is 20.1. The molecule has 0 spiro atoms. The number of benzene rings is 1. The van der Waals surface area contributed by atoms with Crippen molar-refractivity contribution in [1.82, 2.24) is 39.6 Å². The first-order chi connectivity index (χ1) is 14.1. The van der Waals surface area contributed by atoms with Gasteiger partial charge in [0, 0.05) is 11.2 Å². The number of aromatic nitrogens is 8. The molecule has 4 aromatic heterocycles. The van der Waals surface area contributed by atoms with Crippen molar-refractivity contribution in [3.63, 3.8) is 0 Å². The van der Waals surface area contributed by atoms with Crippen molar-refractivity contribution >= 4 is 40.0 Å². The van der Waals surface area contributed by atoms with E-state index >= 15 is 0 Å². The topological polar surface area (TPSA) is 107 Å². The third-order valence-electron chi connectivity index (χ3n) is 4.53. The molecule has 0 radical (unpaired) electrons. The van der Waals surface area contributed by atoms with E-state index in [2.05, 4.69) is 30.5 Å². The molecular weight excluding hydrogens is 412 g/mol. The lowest BCUT2D eigenvalue weighted by molar-refractivity contribution is 0.874. The molecule has 0 aliphatic heterocycles. The van der Waals surface area contributed by atoms with Crippen molar-refractivity contribution < 1.29 is 0 Å². The molecule has 144 valence electrons. The van der Waals surface area contributed by atoms with Gasteiger partial charge in [0.15, 0.2) is 11.2 Å². The van der Waals surface area contributed by atoms with Gasteiger partial charge in [-0.05, 0) is 36.9 Å². The van der Waals surface area contributed by atoms with Gasteiger partial charge in [0.2, 0.25) is 11.1 Å². The van der Waals surface area contributed by atoms with Crippen LogP contribution in [0.3, 0.4) is 0 Å². The first-order valence-corrected chi connectivity index (χ1v) is 10.2. The number of pyridine rings is 1. The average molecular weight is 425 g/mol. The fourth-order valence-corrected chi connectivity index (χ4v) is 3.74. The molecule has 0 unspecified atom stereocenters. The third kappa shape index (κ3) is 2.79. The molecule has 0 bridgehead atoms. The van der Waals surface area contributed by atoms with Crippen LogP contribution in [0.5, 0.6) is 0 Å². The Kier molecular flexibility index (Phi) is 4.10. The predicted octanol–water partition coefficient (Wildman–Crippen LogP) is 2.90. The number of halogens is 1. The number of thioether (sulfide) groups is 1. The van der Waals surface area contributed by atoms with Crippen LogP contribution in [0, 0.1) is 6.92 Å². The molecule has 0 aliphatic rings. The van der Waals surface area contributed by atoms with Gasteiger partial charge in [-0.1, -0.05) is 35.5 Å². The monoisotopic (exact) mass is 424 g/mol. The SMILES string of the molecule is CSc1n[nH]c(-n2ccc3c(nnc4c(-c5cccc(Cl)c5)c(C)nn43)c2=O)n1. The Hall–Kier alpha value is -3.24. The Morgan fingerprint density at radius 3 is 2.83 bits per heavy atom. The lowest BCUT2D eigenvalue weighted by Gasteiger charge is -2.04. The molecule has 0 amide bonds. The van der Waals surface area contributed by atoms with Gasteiger partial charge in [0.25, 0.3) is 5.56 Å². The molecule has 29 heavy (non-hydrogen) atoms. The van der Waals surface area contributed by atoms with E-state index in [9.17, 15) is 4.79 Å². The summed E-state index contributed by atoms with van der Waals surface area (Å²) in [4.78, 5) is 17.3. The fraction of sp³-hybridized carbons (Fsp3) is 0.111. The highest BCUT2D eigenvalue weighted by Crippen LogP contribution is 2.29. The van der Waals surface area contributed by atoms with Gasteiger partial charge in [-0.3, -0.25) is 9.36 Å². The van der Waals surface area contributed by atoms with E-state index in [4.69, 9.17) is 11.6 Å². The number of rotatable bonds is 3. The van der Waals surface area contributed by atoms with Crippen molar-refractivity contribution in [2.75, 3.05) is 6.26 Å². The van der Waals surface area contributed by atoms with E-state index in [1.165, 1.54) is 16.3 Å². The largest absolute Gasteiger partial charge is 0.287 e. The Bertz CT molecular complexity index is 1450. The molecule has 5 rings (SSSR count). The molecule has 1 aromatic carbocycles. The first-order valence-electron chi connectivity index (χ1n) is 8.57. The first kappa shape index (κ1) is 17.8. The quantitative estimate of drug-likeness (QED) is 0.444. The number of H-pyrrole nitrogens is 1. The smallest absolute Gasteiger partial charge is 0.266 e. The van der Waals surface area contributed by atoms with Crippen molar-refractivity contribution in [3.05, 3.63) is 57.6 Å². The third-order valence-corrected chi connectivity index (χ3v) is 5.31. The fourth-order valence-electron chi connectivity index (χ4n) is 3.24. The zero-order valence-electron chi connectivity index (χ0n) is 15.3. The summed E-state index contributed by atoms with van der Waals surface area (Å²) < 4.78 is 2.98. The van der Waals surface area contributed by atoms with Gasteiger partial charge in [0.05, 0.1) is 11.3 Å². The predicted molar refractivity (Wildman–Crippen MR) is 111 cm³/mol. The van der Waals surface area contributed by atoms with E-state index in [1.807, 2.05) is 37.4 Å². The van der Waals surface area contributed by atoms with E-state index in [0.29, 0.717) is 27.3 Å². The van der Waals surface area contributed by atoms with Crippen LogP contribution in [0.15, 0.2) is 46.5 Å². The molecule has 11 heteroatoms. The molecule has 9 nitrogen and oxygen atoms in total. The Morgan fingerprint density at radius 1 is 1.21 bits per heavy atom. The van der Waals surface area contributed by atoms with Crippen LogP contribution in [0.4, 0.5) is 0 Å². The zero-order valence-corrected chi connectivity index (χ0v) is 16.9. The second-order valence-electron chi connectivity index (χ2n) is 6.28. The minimum atomic E-state index is -0.363. The highest BCUT2D eigenvalue weighted by Gasteiger charge is 2.18. The lowest BCUT2D eigenvalue weighted by atomic mass is 10.1. The van der Waals surface area contributed by atoms with E-state index in [0.717, 1.165) is 16.8 Å². The van der Waals surface area contributed by atoms with E-state index < -0.39 is 0 Å². The summed E-state index contributed by atoms with van der Waals surface area (Å²) in [7, 11) is 0. The molecule has 0 aliphatic carbocycles. The molecule has 0 saturated carbocycles. The van der Waals surface area contributed by atoms with Crippen LogP contribution in [0.1, 0.15) is 5.69 Å².